The molecule has 0 saturated carbocycles. The average molecular weight is 201 g/mol. The van der Waals surface area contributed by atoms with Crippen molar-refractivity contribution >= 4 is 0 Å². The van der Waals surface area contributed by atoms with E-state index in [1.54, 1.807) is 6.92 Å². The number of rotatable bonds is 3. The molecule has 0 aromatic heterocycles. The van der Waals surface area contributed by atoms with Crippen LogP contribution in [0, 0.1) is 11.6 Å². The van der Waals surface area contributed by atoms with Crippen LogP contribution in [0.1, 0.15) is 24.9 Å². The summed E-state index contributed by atoms with van der Waals surface area (Å²) in [6.07, 6.45) is 0.473. The Bertz CT molecular complexity index is 328. The second kappa shape index (κ2) is 4.37. The van der Waals surface area contributed by atoms with Gasteiger partial charge in [-0.3, -0.25) is 0 Å². The molecule has 0 unspecified atom stereocenters. The van der Waals surface area contributed by atoms with Crippen molar-refractivity contribution in [2.45, 2.75) is 19.4 Å². The zero-order valence-electron chi connectivity index (χ0n) is 8.18. The number of benzene rings is 1. The maximum absolute atomic E-state index is 13.5. The maximum Gasteiger partial charge on any atom is 0.172 e. The second-order valence-corrected chi connectivity index (χ2v) is 2.99. The lowest BCUT2D eigenvalue weighted by atomic mass is 10.0. The summed E-state index contributed by atoms with van der Waals surface area (Å²) in [7, 11) is 1.33. The van der Waals surface area contributed by atoms with Gasteiger partial charge in [0.15, 0.2) is 11.6 Å². The SMILES string of the molecule is CC[C@H](N)c1c(F)ccc(OC)c1F. The summed E-state index contributed by atoms with van der Waals surface area (Å²) in [5.41, 5.74) is 5.48. The molecule has 1 aromatic rings. The Morgan fingerprint density at radius 1 is 1.43 bits per heavy atom. The van der Waals surface area contributed by atoms with Crippen LogP contribution in [-0.4, -0.2) is 7.11 Å². The van der Waals surface area contributed by atoms with Crippen molar-refractivity contribution < 1.29 is 13.5 Å². The summed E-state index contributed by atoms with van der Waals surface area (Å²) >= 11 is 0. The molecule has 2 N–H and O–H groups in total. The predicted molar refractivity (Wildman–Crippen MR) is 50.1 cm³/mol. The molecule has 0 heterocycles. The number of ether oxygens (including phenoxy) is 1. The van der Waals surface area contributed by atoms with Crippen LogP contribution in [0.15, 0.2) is 12.1 Å². The molecule has 4 heteroatoms. The van der Waals surface area contributed by atoms with E-state index in [2.05, 4.69) is 0 Å². The van der Waals surface area contributed by atoms with Gasteiger partial charge in [-0.2, -0.15) is 0 Å². The van der Waals surface area contributed by atoms with E-state index in [0.29, 0.717) is 6.42 Å². The fourth-order valence-corrected chi connectivity index (χ4v) is 1.25. The van der Waals surface area contributed by atoms with E-state index in [1.165, 1.54) is 13.2 Å². The van der Waals surface area contributed by atoms with Crippen LogP contribution in [0.25, 0.3) is 0 Å². The number of nitrogens with two attached hydrogens (primary N) is 1. The van der Waals surface area contributed by atoms with E-state index < -0.39 is 17.7 Å². The van der Waals surface area contributed by atoms with Crippen LogP contribution >= 0.6 is 0 Å². The van der Waals surface area contributed by atoms with Gasteiger partial charge < -0.3 is 10.5 Å². The van der Waals surface area contributed by atoms with Crippen LogP contribution in [0.5, 0.6) is 5.75 Å². The molecule has 0 aliphatic heterocycles. The Balaban J connectivity index is 3.25. The van der Waals surface area contributed by atoms with Crippen LogP contribution in [-0.2, 0) is 0 Å². The Labute approximate surface area is 81.7 Å². The van der Waals surface area contributed by atoms with Crippen molar-refractivity contribution in [3.63, 3.8) is 0 Å². The molecule has 0 aliphatic rings. The van der Waals surface area contributed by atoms with Gasteiger partial charge in [-0.1, -0.05) is 6.92 Å². The van der Waals surface area contributed by atoms with Gasteiger partial charge in [-0.25, -0.2) is 8.78 Å². The molecule has 0 spiro atoms. The third-order valence-corrected chi connectivity index (χ3v) is 2.12. The first-order valence-corrected chi connectivity index (χ1v) is 4.39. The molecule has 78 valence electrons. The lowest BCUT2D eigenvalue weighted by Gasteiger charge is -2.13. The third-order valence-electron chi connectivity index (χ3n) is 2.12. The molecule has 0 fully saturated rings. The van der Waals surface area contributed by atoms with E-state index in [1.807, 2.05) is 0 Å². The highest BCUT2D eigenvalue weighted by atomic mass is 19.1. The molecule has 14 heavy (non-hydrogen) atoms. The van der Waals surface area contributed by atoms with Gasteiger partial charge in [0, 0.05) is 11.6 Å². The molecular formula is C10H13F2NO. The highest BCUT2D eigenvalue weighted by Crippen LogP contribution is 2.27. The lowest BCUT2D eigenvalue weighted by molar-refractivity contribution is 0.377. The number of methoxy groups -OCH3 is 1. The van der Waals surface area contributed by atoms with Gasteiger partial charge in [-0.15, -0.1) is 0 Å². The molecule has 0 saturated heterocycles. The van der Waals surface area contributed by atoms with Crippen LogP contribution in [0.2, 0.25) is 0 Å². The maximum atomic E-state index is 13.5. The summed E-state index contributed by atoms with van der Waals surface area (Å²) in [5.74, 6) is -1.31. The largest absolute Gasteiger partial charge is 0.494 e. The van der Waals surface area contributed by atoms with Crippen molar-refractivity contribution in [3.8, 4) is 5.75 Å². The first kappa shape index (κ1) is 10.9. The van der Waals surface area contributed by atoms with Crippen LogP contribution in [0.4, 0.5) is 8.78 Å². The monoisotopic (exact) mass is 201 g/mol. The fraction of sp³-hybridized carbons (Fsp3) is 0.400. The minimum atomic E-state index is -0.707. The summed E-state index contributed by atoms with van der Waals surface area (Å²) in [5, 5.41) is 0. The van der Waals surface area contributed by atoms with Crippen molar-refractivity contribution in [1.29, 1.82) is 0 Å². The van der Waals surface area contributed by atoms with Crippen LogP contribution in [0.3, 0.4) is 0 Å². The van der Waals surface area contributed by atoms with Gasteiger partial charge in [0.25, 0.3) is 0 Å². The zero-order chi connectivity index (χ0) is 10.7. The Morgan fingerprint density at radius 3 is 2.57 bits per heavy atom. The summed E-state index contributed by atoms with van der Waals surface area (Å²) in [6.45, 7) is 1.77. The van der Waals surface area contributed by atoms with E-state index >= 15 is 0 Å². The van der Waals surface area contributed by atoms with Crippen LogP contribution < -0.4 is 10.5 Å². The Hall–Kier alpha value is -1.16. The molecule has 1 aromatic carbocycles. The fourth-order valence-electron chi connectivity index (χ4n) is 1.25. The normalized spacial score (nSPS) is 12.6. The molecule has 1 atom stereocenters. The Morgan fingerprint density at radius 2 is 2.07 bits per heavy atom. The predicted octanol–water partition coefficient (Wildman–Crippen LogP) is 2.38. The van der Waals surface area contributed by atoms with Crippen molar-refractivity contribution in [3.05, 3.63) is 29.3 Å². The van der Waals surface area contributed by atoms with Gasteiger partial charge >= 0.3 is 0 Å². The Kier molecular flexibility index (Phi) is 3.41. The quantitative estimate of drug-likeness (QED) is 0.814. The summed E-state index contributed by atoms with van der Waals surface area (Å²) < 4.78 is 31.5. The average Bonchev–Trinajstić information content (AvgIpc) is 2.18. The zero-order valence-corrected chi connectivity index (χ0v) is 8.18. The summed E-state index contributed by atoms with van der Waals surface area (Å²) in [6, 6.07) is 1.77. The molecule has 0 bridgehead atoms. The molecule has 0 aliphatic carbocycles. The highest BCUT2D eigenvalue weighted by molar-refractivity contribution is 5.34. The van der Waals surface area contributed by atoms with Gasteiger partial charge in [0.05, 0.1) is 7.11 Å². The lowest BCUT2D eigenvalue weighted by Crippen LogP contribution is -2.13. The number of hydrogen-bond acceptors (Lipinski definition) is 2. The number of halogens is 2. The van der Waals surface area contributed by atoms with E-state index in [4.69, 9.17) is 10.5 Å². The smallest absolute Gasteiger partial charge is 0.172 e. The first-order valence-electron chi connectivity index (χ1n) is 4.39. The molecule has 1 rings (SSSR count). The van der Waals surface area contributed by atoms with Crippen molar-refractivity contribution in [2.75, 3.05) is 7.11 Å². The van der Waals surface area contributed by atoms with Gasteiger partial charge in [-0.05, 0) is 18.6 Å². The minimum Gasteiger partial charge on any atom is -0.494 e. The molecular weight excluding hydrogens is 188 g/mol. The molecule has 0 amide bonds. The summed E-state index contributed by atoms with van der Waals surface area (Å²) in [4.78, 5) is 0. The van der Waals surface area contributed by atoms with E-state index in [9.17, 15) is 8.78 Å². The minimum absolute atomic E-state index is 0.0188. The molecule has 0 radical (unpaired) electrons. The van der Waals surface area contributed by atoms with Crippen molar-refractivity contribution in [1.82, 2.24) is 0 Å². The molecule has 2 nitrogen and oxygen atoms in total. The topological polar surface area (TPSA) is 35.2 Å². The van der Waals surface area contributed by atoms with E-state index in [-0.39, 0.29) is 11.3 Å². The first-order chi connectivity index (χ1) is 6.61. The third kappa shape index (κ3) is 1.85. The van der Waals surface area contributed by atoms with Gasteiger partial charge in [0.1, 0.15) is 5.82 Å². The van der Waals surface area contributed by atoms with Gasteiger partial charge in [0.2, 0.25) is 0 Å². The highest BCUT2D eigenvalue weighted by Gasteiger charge is 2.18. The van der Waals surface area contributed by atoms with E-state index in [0.717, 1.165) is 6.07 Å². The standard InChI is InChI=1S/C10H13F2NO/c1-3-7(13)9-6(11)4-5-8(14-2)10(9)12/h4-5,7H,3,13H2,1-2H3/t7-/m0/s1. The number of hydrogen-bond donors (Lipinski definition) is 1. The second-order valence-electron chi connectivity index (χ2n) is 2.99. The van der Waals surface area contributed by atoms with Crippen molar-refractivity contribution in [2.24, 2.45) is 5.73 Å².